The van der Waals surface area contributed by atoms with Gasteiger partial charge in [0.2, 0.25) is 0 Å². The van der Waals surface area contributed by atoms with Gasteiger partial charge in [0, 0.05) is 0 Å². The van der Waals surface area contributed by atoms with Crippen molar-refractivity contribution >= 4 is 10.1 Å². The zero-order valence-corrected chi connectivity index (χ0v) is 19.6. The van der Waals surface area contributed by atoms with E-state index >= 15 is 0 Å². The fourth-order valence-corrected chi connectivity index (χ4v) is 4.46. The van der Waals surface area contributed by atoms with Crippen molar-refractivity contribution in [1.29, 1.82) is 0 Å². The van der Waals surface area contributed by atoms with Crippen LogP contribution in [0.1, 0.15) is 91.0 Å². The van der Waals surface area contributed by atoms with Gasteiger partial charge in [-0.3, -0.25) is 4.18 Å². The highest BCUT2D eigenvalue weighted by molar-refractivity contribution is 7.86. The Hall–Kier alpha value is -0.870. The highest BCUT2D eigenvalue weighted by Gasteiger charge is 2.14. The van der Waals surface area contributed by atoms with E-state index < -0.39 is 10.1 Å². The number of aryl methyl sites for hydroxylation is 1. The third-order valence-corrected chi connectivity index (χ3v) is 6.84. The van der Waals surface area contributed by atoms with Crippen molar-refractivity contribution in [3.8, 4) is 0 Å². The number of hydrogen-bond acceptors (Lipinski definition) is 3. The van der Waals surface area contributed by atoms with Gasteiger partial charge < -0.3 is 0 Å². The predicted molar refractivity (Wildman–Crippen MR) is 119 cm³/mol. The molecule has 0 aliphatic heterocycles. The molecule has 1 rings (SSSR count). The predicted octanol–water partition coefficient (Wildman–Crippen LogP) is 7.14. The van der Waals surface area contributed by atoms with Crippen LogP contribution in [0, 0.1) is 24.7 Å². The lowest BCUT2D eigenvalue weighted by Gasteiger charge is -2.15. The summed E-state index contributed by atoms with van der Waals surface area (Å²) in [5.41, 5.74) is 1.04. The molecule has 0 fully saturated rings. The largest absolute Gasteiger partial charge is 0.296 e. The zero-order valence-electron chi connectivity index (χ0n) is 18.7. The third kappa shape index (κ3) is 11.2. The molecule has 28 heavy (non-hydrogen) atoms. The topological polar surface area (TPSA) is 43.4 Å². The van der Waals surface area contributed by atoms with Crippen molar-refractivity contribution in [2.75, 3.05) is 6.61 Å². The van der Waals surface area contributed by atoms with Gasteiger partial charge >= 0.3 is 0 Å². The summed E-state index contributed by atoms with van der Waals surface area (Å²) in [6.45, 7) is 11.5. The minimum Gasteiger partial charge on any atom is -0.266 e. The van der Waals surface area contributed by atoms with E-state index in [0.717, 1.165) is 36.7 Å². The maximum atomic E-state index is 12.1. The van der Waals surface area contributed by atoms with Crippen LogP contribution in [0.15, 0.2) is 29.2 Å². The molecule has 3 nitrogen and oxygen atoms in total. The lowest BCUT2D eigenvalue weighted by Crippen LogP contribution is -2.08. The van der Waals surface area contributed by atoms with Gasteiger partial charge in [-0.15, -0.1) is 0 Å². The summed E-state index contributed by atoms with van der Waals surface area (Å²) in [5.74, 6) is 2.37. The summed E-state index contributed by atoms with van der Waals surface area (Å²) in [6.07, 6.45) is 11.0. The molecule has 162 valence electrons. The van der Waals surface area contributed by atoms with Crippen LogP contribution in [-0.4, -0.2) is 15.0 Å². The van der Waals surface area contributed by atoms with Crippen LogP contribution >= 0.6 is 0 Å². The second-order valence-electron chi connectivity index (χ2n) is 9.05. The lowest BCUT2D eigenvalue weighted by molar-refractivity contribution is 0.300. The summed E-state index contributed by atoms with van der Waals surface area (Å²) >= 11 is 0. The van der Waals surface area contributed by atoms with E-state index in [9.17, 15) is 8.42 Å². The summed E-state index contributed by atoms with van der Waals surface area (Å²) in [6, 6.07) is 6.80. The summed E-state index contributed by atoms with van der Waals surface area (Å²) in [7, 11) is -3.61. The molecule has 0 aliphatic carbocycles. The Labute approximate surface area is 174 Å². The summed E-state index contributed by atoms with van der Waals surface area (Å²) < 4.78 is 29.4. The van der Waals surface area contributed by atoms with Crippen LogP contribution < -0.4 is 0 Å². The van der Waals surface area contributed by atoms with Crippen molar-refractivity contribution in [3.63, 3.8) is 0 Å². The molecular formula is C24H42O3S. The first-order valence-corrected chi connectivity index (χ1v) is 12.6. The molecule has 0 bridgehead atoms. The first-order chi connectivity index (χ1) is 13.2. The molecule has 2 unspecified atom stereocenters. The zero-order chi connectivity index (χ0) is 21.0. The van der Waals surface area contributed by atoms with E-state index in [-0.39, 0.29) is 11.5 Å². The third-order valence-electron chi connectivity index (χ3n) is 5.51. The minimum absolute atomic E-state index is 0.244. The SMILES string of the molecule is Cc1ccc(S(=O)(=O)OCCCCC(C)CCCC(C)CCCC(C)C)cc1. The number of benzene rings is 1. The van der Waals surface area contributed by atoms with Gasteiger partial charge in [0.05, 0.1) is 11.5 Å². The molecule has 0 spiro atoms. The summed E-state index contributed by atoms with van der Waals surface area (Å²) in [5, 5.41) is 0. The van der Waals surface area contributed by atoms with Crippen molar-refractivity contribution in [2.45, 2.75) is 97.3 Å². The van der Waals surface area contributed by atoms with Gasteiger partial charge in [-0.25, -0.2) is 0 Å². The smallest absolute Gasteiger partial charge is 0.266 e. The monoisotopic (exact) mass is 410 g/mol. The molecule has 2 atom stereocenters. The normalized spacial score (nSPS) is 14.4. The maximum Gasteiger partial charge on any atom is 0.296 e. The highest BCUT2D eigenvalue weighted by atomic mass is 32.2. The van der Waals surface area contributed by atoms with E-state index in [4.69, 9.17) is 4.18 Å². The van der Waals surface area contributed by atoms with Crippen LogP contribution in [0.3, 0.4) is 0 Å². The molecule has 0 aliphatic rings. The number of rotatable bonds is 15. The molecule has 0 amide bonds. The van der Waals surface area contributed by atoms with Crippen LogP contribution in [0.2, 0.25) is 0 Å². The van der Waals surface area contributed by atoms with Gasteiger partial charge in [-0.2, -0.15) is 8.42 Å². The molecule has 1 aromatic carbocycles. The standard InChI is InChI=1S/C24H42O3S/c1-20(2)10-8-12-22(4)14-9-13-21(3)11-6-7-19-27-28(25,26)24-17-15-23(5)16-18-24/h15-18,20-22H,6-14,19H2,1-5H3. The van der Waals surface area contributed by atoms with E-state index in [1.165, 1.54) is 38.5 Å². The maximum absolute atomic E-state index is 12.1. The minimum atomic E-state index is -3.61. The molecule has 1 aromatic rings. The Kier molecular flexibility index (Phi) is 12.0. The quantitative estimate of drug-likeness (QED) is 0.228. The average molecular weight is 411 g/mol. The fourth-order valence-electron chi connectivity index (χ4n) is 3.51. The molecule has 0 N–H and O–H groups in total. The van der Waals surface area contributed by atoms with E-state index in [1.54, 1.807) is 24.3 Å². The first kappa shape index (κ1) is 25.2. The second kappa shape index (κ2) is 13.4. The van der Waals surface area contributed by atoms with Gasteiger partial charge in [0.1, 0.15) is 0 Å². The van der Waals surface area contributed by atoms with E-state index in [1.807, 2.05) is 6.92 Å². The molecule has 0 saturated carbocycles. The molecule has 0 radical (unpaired) electrons. The molecular weight excluding hydrogens is 368 g/mol. The average Bonchev–Trinajstić information content (AvgIpc) is 2.61. The highest BCUT2D eigenvalue weighted by Crippen LogP contribution is 2.21. The molecule has 0 saturated heterocycles. The van der Waals surface area contributed by atoms with Gasteiger partial charge in [0.25, 0.3) is 10.1 Å². The van der Waals surface area contributed by atoms with Crippen LogP contribution in [-0.2, 0) is 14.3 Å². The van der Waals surface area contributed by atoms with Gasteiger partial charge in [0.15, 0.2) is 0 Å². The van der Waals surface area contributed by atoms with Crippen LogP contribution in [0.5, 0.6) is 0 Å². The Morgan fingerprint density at radius 1 is 0.750 bits per heavy atom. The van der Waals surface area contributed by atoms with Crippen LogP contribution in [0.25, 0.3) is 0 Å². The summed E-state index contributed by atoms with van der Waals surface area (Å²) in [4.78, 5) is 0.244. The molecule has 0 heterocycles. The van der Waals surface area contributed by atoms with E-state index in [2.05, 4.69) is 27.7 Å². The number of unbranched alkanes of at least 4 members (excludes halogenated alkanes) is 1. The lowest BCUT2D eigenvalue weighted by atomic mass is 9.92. The van der Waals surface area contributed by atoms with Crippen LogP contribution in [0.4, 0.5) is 0 Å². The van der Waals surface area contributed by atoms with Gasteiger partial charge in [-0.1, -0.05) is 96.8 Å². The van der Waals surface area contributed by atoms with Crippen molar-refractivity contribution in [2.24, 2.45) is 17.8 Å². The Morgan fingerprint density at radius 3 is 1.79 bits per heavy atom. The Morgan fingerprint density at radius 2 is 1.25 bits per heavy atom. The van der Waals surface area contributed by atoms with Crippen molar-refractivity contribution in [1.82, 2.24) is 0 Å². The Bertz CT molecular complexity index is 620. The second-order valence-corrected chi connectivity index (χ2v) is 10.7. The van der Waals surface area contributed by atoms with Gasteiger partial charge in [-0.05, 0) is 43.2 Å². The molecule has 0 aromatic heterocycles. The van der Waals surface area contributed by atoms with E-state index in [0.29, 0.717) is 5.92 Å². The fraction of sp³-hybridized carbons (Fsp3) is 0.750. The van der Waals surface area contributed by atoms with Crippen molar-refractivity contribution in [3.05, 3.63) is 29.8 Å². The molecule has 4 heteroatoms. The number of hydrogen-bond donors (Lipinski definition) is 0. The Balaban J connectivity index is 2.10. The first-order valence-electron chi connectivity index (χ1n) is 11.2. The van der Waals surface area contributed by atoms with Crippen molar-refractivity contribution < 1.29 is 12.6 Å².